The van der Waals surface area contributed by atoms with E-state index in [1.807, 2.05) is 6.92 Å². The minimum absolute atomic E-state index is 0.0214. The molecule has 0 bridgehead atoms. The van der Waals surface area contributed by atoms with Crippen molar-refractivity contribution in [3.63, 3.8) is 0 Å². The number of phenols is 1. The van der Waals surface area contributed by atoms with Crippen molar-refractivity contribution in [2.45, 2.75) is 64.6 Å². The van der Waals surface area contributed by atoms with Crippen LogP contribution in [0.4, 0.5) is 0 Å². The molecule has 0 spiro atoms. The second kappa shape index (κ2) is 6.94. The smallest absolute Gasteiger partial charge is 0.163 e. The van der Waals surface area contributed by atoms with Gasteiger partial charge in [-0.3, -0.25) is 4.79 Å². The van der Waals surface area contributed by atoms with Crippen LogP contribution in [0.15, 0.2) is 12.1 Å². The molecule has 1 aliphatic carbocycles. The monoisotopic (exact) mass is 292 g/mol. The molecular weight excluding hydrogens is 268 g/mol. The Morgan fingerprint density at radius 1 is 1.38 bits per heavy atom. The predicted molar refractivity (Wildman–Crippen MR) is 81.0 cm³/mol. The summed E-state index contributed by atoms with van der Waals surface area (Å²) in [7, 11) is 0. The lowest BCUT2D eigenvalue weighted by molar-refractivity contribution is 0.0530. The molecule has 116 valence electrons. The third-order valence-electron chi connectivity index (χ3n) is 4.01. The number of aromatic hydroxyl groups is 1. The number of carbonyl (C=O) groups is 1. The van der Waals surface area contributed by atoms with Crippen LogP contribution in [-0.4, -0.2) is 28.2 Å². The number of rotatable bonds is 5. The van der Waals surface area contributed by atoms with Crippen LogP contribution in [0.3, 0.4) is 0 Å². The molecule has 1 fully saturated rings. The van der Waals surface area contributed by atoms with Gasteiger partial charge in [-0.25, -0.2) is 0 Å². The number of aliphatic hydroxyl groups excluding tert-OH is 1. The van der Waals surface area contributed by atoms with Crippen LogP contribution >= 0.6 is 0 Å². The summed E-state index contributed by atoms with van der Waals surface area (Å²) in [6.07, 6.45) is 4.52. The molecule has 2 N–H and O–H groups in total. The Balaban J connectivity index is 2.25. The molecule has 0 heterocycles. The zero-order valence-corrected chi connectivity index (χ0v) is 12.8. The normalized spacial score (nSPS) is 22.0. The number of ketones is 1. The van der Waals surface area contributed by atoms with E-state index >= 15 is 0 Å². The van der Waals surface area contributed by atoms with E-state index in [-0.39, 0.29) is 23.7 Å². The first-order valence-corrected chi connectivity index (χ1v) is 7.73. The molecule has 1 saturated carbocycles. The summed E-state index contributed by atoms with van der Waals surface area (Å²) < 4.78 is 5.99. The number of hydrogen-bond acceptors (Lipinski definition) is 4. The Labute approximate surface area is 125 Å². The Morgan fingerprint density at radius 3 is 2.76 bits per heavy atom. The molecule has 1 aliphatic rings. The Hall–Kier alpha value is -1.55. The van der Waals surface area contributed by atoms with Gasteiger partial charge in [0, 0.05) is 12.0 Å². The van der Waals surface area contributed by atoms with E-state index in [1.54, 1.807) is 12.1 Å². The van der Waals surface area contributed by atoms with Crippen LogP contribution in [0.5, 0.6) is 11.5 Å². The van der Waals surface area contributed by atoms with E-state index in [4.69, 9.17) is 4.74 Å². The van der Waals surface area contributed by atoms with Crippen LogP contribution in [-0.2, 0) is 6.42 Å². The zero-order valence-electron chi connectivity index (χ0n) is 12.8. The predicted octanol–water partition coefficient (Wildman–Crippen LogP) is 3.23. The van der Waals surface area contributed by atoms with Crippen molar-refractivity contribution < 1.29 is 19.7 Å². The number of phenolic OH excluding ortho intramolecular Hbond substituents is 1. The summed E-state index contributed by atoms with van der Waals surface area (Å²) in [6, 6.07) is 3.38. The van der Waals surface area contributed by atoms with E-state index in [1.165, 1.54) is 6.92 Å². The van der Waals surface area contributed by atoms with Crippen LogP contribution in [0.2, 0.25) is 0 Å². The third-order valence-corrected chi connectivity index (χ3v) is 4.01. The standard InChI is InChI=1S/C17H24O4/c1-3-5-15-16(9-8-14(11(2)18)17(15)20)21-13-7-4-6-12(19)10-13/h8-9,12-13,19-20H,3-7,10H2,1-2H3. The molecule has 0 aliphatic heterocycles. The molecule has 0 aromatic heterocycles. The molecule has 1 aromatic rings. The van der Waals surface area contributed by atoms with Gasteiger partial charge in [-0.05, 0) is 44.7 Å². The van der Waals surface area contributed by atoms with E-state index in [0.29, 0.717) is 29.7 Å². The van der Waals surface area contributed by atoms with Crippen molar-refractivity contribution >= 4 is 5.78 Å². The van der Waals surface area contributed by atoms with Crippen molar-refractivity contribution in [3.8, 4) is 11.5 Å². The minimum atomic E-state index is -0.302. The molecule has 2 unspecified atom stereocenters. The maximum Gasteiger partial charge on any atom is 0.163 e. The number of hydrogen-bond donors (Lipinski definition) is 2. The highest BCUT2D eigenvalue weighted by atomic mass is 16.5. The SMILES string of the molecule is CCCc1c(OC2CCCC(O)C2)ccc(C(C)=O)c1O. The Kier molecular flexibility index (Phi) is 5.23. The van der Waals surface area contributed by atoms with E-state index in [0.717, 1.165) is 25.7 Å². The van der Waals surface area contributed by atoms with Crippen LogP contribution in [0, 0.1) is 0 Å². The van der Waals surface area contributed by atoms with Gasteiger partial charge in [-0.1, -0.05) is 13.3 Å². The van der Waals surface area contributed by atoms with Crippen LogP contribution < -0.4 is 4.74 Å². The van der Waals surface area contributed by atoms with Gasteiger partial charge in [-0.2, -0.15) is 0 Å². The number of benzene rings is 1. The second-order valence-corrected chi connectivity index (χ2v) is 5.80. The first-order valence-electron chi connectivity index (χ1n) is 7.73. The topological polar surface area (TPSA) is 66.8 Å². The number of ether oxygens (including phenoxy) is 1. The molecule has 1 aromatic carbocycles. The fourth-order valence-corrected chi connectivity index (χ4v) is 2.91. The summed E-state index contributed by atoms with van der Waals surface area (Å²) in [6.45, 7) is 3.47. The van der Waals surface area contributed by atoms with Gasteiger partial charge < -0.3 is 14.9 Å². The lowest BCUT2D eigenvalue weighted by Crippen LogP contribution is -2.28. The average Bonchev–Trinajstić information content (AvgIpc) is 2.42. The highest BCUT2D eigenvalue weighted by molar-refractivity contribution is 5.97. The fraction of sp³-hybridized carbons (Fsp3) is 0.588. The molecule has 2 atom stereocenters. The fourth-order valence-electron chi connectivity index (χ4n) is 2.91. The van der Waals surface area contributed by atoms with Gasteiger partial charge in [0.25, 0.3) is 0 Å². The van der Waals surface area contributed by atoms with Gasteiger partial charge in [0.05, 0.1) is 11.7 Å². The third kappa shape index (κ3) is 3.76. The van der Waals surface area contributed by atoms with Gasteiger partial charge in [0.1, 0.15) is 17.6 Å². The maximum atomic E-state index is 11.5. The number of Topliss-reactive ketones (excluding diaryl/α,β-unsaturated/α-hetero) is 1. The van der Waals surface area contributed by atoms with Crippen molar-refractivity contribution in [3.05, 3.63) is 23.3 Å². The van der Waals surface area contributed by atoms with Gasteiger partial charge in [0.2, 0.25) is 0 Å². The van der Waals surface area contributed by atoms with Gasteiger partial charge in [0.15, 0.2) is 5.78 Å². The summed E-state index contributed by atoms with van der Waals surface area (Å²) >= 11 is 0. The van der Waals surface area contributed by atoms with Crippen LogP contribution in [0.1, 0.15) is 61.9 Å². The molecular formula is C17H24O4. The first kappa shape index (κ1) is 15.8. The van der Waals surface area contributed by atoms with Crippen molar-refractivity contribution in [2.75, 3.05) is 0 Å². The van der Waals surface area contributed by atoms with E-state index < -0.39 is 0 Å². The van der Waals surface area contributed by atoms with E-state index in [2.05, 4.69) is 0 Å². The van der Waals surface area contributed by atoms with Crippen molar-refractivity contribution in [1.29, 1.82) is 0 Å². The van der Waals surface area contributed by atoms with Crippen molar-refractivity contribution in [1.82, 2.24) is 0 Å². The lowest BCUT2D eigenvalue weighted by atomic mass is 9.94. The second-order valence-electron chi connectivity index (χ2n) is 5.80. The Morgan fingerprint density at radius 2 is 2.14 bits per heavy atom. The molecule has 0 radical (unpaired) electrons. The first-order chi connectivity index (χ1) is 10.0. The summed E-state index contributed by atoms with van der Waals surface area (Å²) in [4.78, 5) is 11.5. The highest BCUT2D eigenvalue weighted by Gasteiger charge is 2.24. The zero-order chi connectivity index (χ0) is 15.4. The molecule has 4 heteroatoms. The molecule has 0 amide bonds. The quantitative estimate of drug-likeness (QED) is 0.818. The van der Waals surface area contributed by atoms with Gasteiger partial charge in [-0.15, -0.1) is 0 Å². The molecule has 2 rings (SSSR count). The highest BCUT2D eigenvalue weighted by Crippen LogP contribution is 2.35. The number of carbonyl (C=O) groups excluding carboxylic acids is 1. The Bertz CT molecular complexity index is 510. The van der Waals surface area contributed by atoms with Gasteiger partial charge >= 0.3 is 0 Å². The maximum absolute atomic E-state index is 11.5. The average molecular weight is 292 g/mol. The largest absolute Gasteiger partial charge is 0.507 e. The van der Waals surface area contributed by atoms with Crippen LogP contribution in [0.25, 0.3) is 0 Å². The summed E-state index contributed by atoms with van der Waals surface area (Å²) in [5.74, 6) is 0.529. The molecule has 0 saturated heterocycles. The van der Waals surface area contributed by atoms with Crippen molar-refractivity contribution in [2.24, 2.45) is 0 Å². The van der Waals surface area contributed by atoms with E-state index in [9.17, 15) is 15.0 Å². The summed E-state index contributed by atoms with van der Waals surface area (Å²) in [5.41, 5.74) is 1.04. The lowest BCUT2D eigenvalue weighted by Gasteiger charge is -2.27. The molecule has 21 heavy (non-hydrogen) atoms. The molecule has 4 nitrogen and oxygen atoms in total. The number of aliphatic hydroxyl groups is 1. The minimum Gasteiger partial charge on any atom is -0.507 e. The summed E-state index contributed by atoms with van der Waals surface area (Å²) in [5, 5.41) is 20.0.